The van der Waals surface area contributed by atoms with Crippen LogP contribution in [0.25, 0.3) is 0 Å². The SMILES string of the molecule is C[C@@H](NC(=O)N(CCN(C)C)Cc1ccc(F)cc1)c1ccc(OC(F)F)cc1. The number of ether oxygens (including phenoxy) is 1. The highest BCUT2D eigenvalue weighted by molar-refractivity contribution is 5.74. The van der Waals surface area contributed by atoms with Crippen molar-refractivity contribution in [3.05, 3.63) is 65.5 Å². The molecule has 8 heteroatoms. The van der Waals surface area contributed by atoms with Gasteiger partial charge in [-0.2, -0.15) is 8.78 Å². The number of hydrogen-bond donors (Lipinski definition) is 1. The van der Waals surface area contributed by atoms with Crippen LogP contribution >= 0.6 is 0 Å². The fourth-order valence-corrected chi connectivity index (χ4v) is 2.68. The van der Waals surface area contributed by atoms with E-state index in [1.807, 2.05) is 25.9 Å². The predicted octanol–water partition coefficient (Wildman–Crippen LogP) is 4.26. The van der Waals surface area contributed by atoms with Gasteiger partial charge in [0.05, 0.1) is 6.04 Å². The van der Waals surface area contributed by atoms with Crippen molar-refractivity contribution in [2.75, 3.05) is 27.2 Å². The molecule has 0 unspecified atom stereocenters. The Kier molecular flexibility index (Phi) is 8.33. The molecule has 0 radical (unpaired) electrons. The van der Waals surface area contributed by atoms with Crippen molar-refractivity contribution < 1.29 is 22.7 Å². The smallest absolute Gasteiger partial charge is 0.387 e. The molecule has 29 heavy (non-hydrogen) atoms. The molecule has 1 N–H and O–H groups in total. The normalized spacial score (nSPS) is 12.1. The number of benzene rings is 2. The molecule has 2 amide bonds. The highest BCUT2D eigenvalue weighted by atomic mass is 19.3. The maximum absolute atomic E-state index is 13.1. The van der Waals surface area contributed by atoms with E-state index in [4.69, 9.17) is 0 Å². The number of nitrogens with one attached hydrogen (secondary N) is 1. The van der Waals surface area contributed by atoms with E-state index in [0.29, 0.717) is 19.6 Å². The van der Waals surface area contributed by atoms with Gasteiger partial charge in [-0.1, -0.05) is 24.3 Å². The minimum Gasteiger partial charge on any atom is -0.435 e. The van der Waals surface area contributed by atoms with Gasteiger partial charge in [0.15, 0.2) is 0 Å². The largest absolute Gasteiger partial charge is 0.435 e. The Morgan fingerprint density at radius 2 is 1.66 bits per heavy atom. The predicted molar refractivity (Wildman–Crippen MR) is 105 cm³/mol. The minimum absolute atomic E-state index is 0.0613. The highest BCUT2D eigenvalue weighted by Crippen LogP contribution is 2.19. The van der Waals surface area contributed by atoms with Crippen LogP contribution in [0.1, 0.15) is 24.1 Å². The summed E-state index contributed by atoms with van der Waals surface area (Å²) in [5, 5.41) is 2.92. The van der Waals surface area contributed by atoms with Crippen LogP contribution in [0.15, 0.2) is 48.5 Å². The van der Waals surface area contributed by atoms with Crippen molar-refractivity contribution in [3.8, 4) is 5.75 Å². The molecule has 2 aromatic carbocycles. The lowest BCUT2D eigenvalue weighted by atomic mass is 10.1. The van der Waals surface area contributed by atoms with Crippen LogP contribution in [0, 0.1) is 5.82 Å². The third-order valence-electron chi connectivity index (χ3n) is 4.34. The zero-order chi connectivity index (χ0) is 21.4. The summed E-state index contributed by atoms with van der Waals surface area (Å²) in [6.07, 6.45) is 0. The van der Waals surface area contributed by atoms with Crippen LogP contribution in [0.4, 0.5) is 18.0 Å². The maximum Gasteiger partial charge on any atom is 0.387 e. The molecule has 2 aromatic rings. The lowest BCUT2D eigenvalue weighted by Gasteiger charge is -2.27. The Morgan fingerprint density at radius 1 is 1.03 bits per heavy atom. The van der Waals surface area contributed by atoms with E-state index in [0.717, 1.165) is 11.1 Å². The lowest BCUT2D eigenvalue weighted by Crippen LogP contribution is -2.43. The number of alkyl halides is 2. The van der Waals surface area contributed by atoms with Crippen LogP contribution in [-0.2, 0) is 6.54 Å². The van der Waals surface area contributed by atoms with Crippen LogP contribution in [0.5, 0.6) is 5.75 Å². The molecular weight excluding hydrogens is 383 g/mol. The van der Waals surface area contributed by atoms with Gasteiger partial charge in [-0.15, -0.1) is 0 Å². The van der Waals surface area contributed by atoms with Crippen LogP contribution in [0.2, 0.25) is 0 Å². The zero-order valence-electron chi connectivity index (χ0n) is 16.7. The minimum atomic E-state index is -2.88. The lowest BCUT2D eigenvalue weighted by molar-refractivity contribution is -0.0498. The molecule has 0 saturated carbocycles. The van der Waals surface area contributed by atoms with Crippen molar-refractivity contribution in [2.45, 2.75) is 26.1 Å². The number of nitrogens with zero attached hydrogens (tertiary/aromatic N) is 2. The van der Waals surface area contributed by atoms with Crippen LogP contribution in [0.3, 0.4) is 0 Å². The van der Waals surface area contributed by atoms with Crippen LogP contribution < -0.4 is 10.1 Å². The van der Waals surface area contributed by atoms with Gasteiger partial charge in [0.2, 0.25) is 0 Å². The number of hydrogen-bond acceptors (Lipinski definition) is 3. The fourth-order valence-electron chi connectivity index (χ4n) is 2.68. The third-order valence-corrected chi connectivity index (χ3v) is 4.34. The molecular formula is C21H26F3N3O2. The molecule has 2 rings (SSSR count). The van der Waals surface area contributed by atoms with Gasteiger partial charge in [0.1, 0.15) is 11.6 Å². The summed E-state index contributed by atoms with van der Waals surface area (Å²) in [4.78, 5) is 16.4. The molecule has 1 atom stereocenters. The number of carbonyl (C=O) groups excluding carboxylic acids is 1. The maximum atomic E-state index is 13.1. The van der Waals surface area contributed by atoms with E-state index in [2.05, 4.69) is 10.1 Å². The number of halogens is 3. The molecule has 158 valence electrons. The molecule has 0 bridgehead atoms. The van der Waals surface area contributed by atoms with Gasteiger partial charge in [-0.25, -0.2) is 9.18 Å². The molecule has 0 aliphatic rings. The van der Waals surface area contributed by atoms with E-state index >= 15 is 0 Å². The van der Waals surface area contributed by atoms with Gasteiger partial charge < -0.3 is 19.9 Å². The topological polar surface area (TPSA) is 44.8 Å². The molecule has 5 nitrogen and oxygen atoms in total. The average molecular weight is 409 g/mol. The van der Waals surface area contributed by atoms with Crippen molar-refractivity contribution in [2.24, 2.45) is 0 Å². The van der Waals surface area contributed by atoms with Gasteiger partial charge in [-0.3, -0.25) is 0 Å². The van der Waals surface area contributed by atoms with E-state index in [9.17, 15) is 18.0 Å². The van der Waals surface area contributed by atoms with Crippen molar-refractivity contribution >= 4 is 6.03 Å². The third kappa shape index (κ3) is 7.65. The quantitative estimate of drug-likeness (QED) is 0.673. The Bertz CT molecular complexity index is 768. The summed E-state index contributed by atoms with van der Waals surface area (Å²) in [6, 6.07) is 11.6. The monoisotopic (exact) mass is 409 g/mol. The number of rotatable bonds is 9. The van der Waals surface area contributed by atoms with E-state index in [1.165, 1.54) is 24.3 Å². The number of carbonyl (C=O) groups is 1. The first-order valence-corrected chi connectivity index (χ1v) is 9.24. The molecule has 0 aliphatic heterocycles. The van der Waals surface area contributed by atoms with E-state index in [-0.39, 0.29) is 23.6 Å². The number of urea groups is 1. The fraction of sp³-hybridized carbons (Fsp3) is 0.381. The Balaban J connectivity index is 2.03. The summed E-state index contributed by atoms with van der Waals surface area (Å²) in [7, 11) is 3.83. The number of amides is 2. The van der Waals surface area contributed by atoms with E-state index in [1.54, 1.807) is 29.2 Å². The Labute approximate surface area is 169 Å². The van der Waals surface area contributed by atoms with Gasteiger partial charge in [-0.05, 0) is 56.4 Å². The Hall–Kier alpha value is -2.74. The standard InChI is InChI=1S/C21H26F3N3O2/c1-15(17-6-10-19(11-7-17)29-20(23)24)25-21(28)27(13-12-26(2)3)14-16-4-8-18(22)9-5-16/h4-11,15,20H,12-14H2,1-3H3,(H,25,28)/t15-/m1/s1. The van der Waals surface area contributed by atoms with Gasteiger partial charge in [0.25, 0.3) is 0 Å². The first-order valence-electron chi connectivity index (χ1n) is 9.24. The first-order chi connectivity index (χ1) is 13.7. The molecule has 0 aromatic heterocycles. The van der Waals surface area contributed by atoms with Crippen molar-refractivity contribution in [3.63, 3.8) is 0 Å². The van der Waals surface area contributed by atoms with Gasteiger partial charge >= 0.3 is 12.6 Å². The molecule has 0 saturated heterocycles. The van der Waals surface area contributed by atoms with E-state index < -0.39 is 6.61 Å². The van der Waals surface area contributed by atoms with Crippen molar-refractivity contribution in [1.29, 1.82) is 0 Å². The zero-order valence-corrected chi connectivity index (χ0v) is 16.7. The summed E-state index contributed by atoms with van der Waals surface area (Å²) in [5.74, 6) is -0.267. The summed E-state index contributed by atoms with van der Waals surface area (Å²) in [5.41, 5.74) is 1.58. The second kappa shape index (κ2) is 10.7. The summed E-state index contributed by atoms with van der Waals surface area (Å²) >= 11 is 0. The summed E-state index contributed by atoms with van der Waals surface area (Å²) < 4.78 is 42.0. The highest BCUT2D eigenvalue weighted by Gasteiger charge is 2.17. The second-order valence-electron chi connectivity index (χ2n) is 6.97. The van der Waals surface area contributed by atoms with Crippen LogP contribution in [-0.4, -0.2) is 49.6 Å². The first kappa shape index (κ1) is 22.5. The Morgan fingerprint density at radius 3 is 2.21 bits per heavy atom. The molecule has 0 fully saturated rings. The molecule has 0 aliphatic carbocycles. The number of likely N-dealkylation sites (N-methyl/N-ethyl adjacent to an activating group) is 1. The van der Waals surface area contributed by atoms with Gasteiger partial charge in [0, 0.05) is 19.6 Å². The van der Waals surface area contributed by atoms with Crippen molar-refractivity contribution in [1.82, 2.24) is 15.1 Å². The second-order valence-corrected chi connectivity index (χ2v) is 6.97. The average Bonchev–Trinajstić information content (AvgIpc) is 2.66. The molecule has 0 heterocycles. The summed E-state index contributed by atoms with van der Waals surface area (Å²) in [6.45, 7) is 0.429. The molecule has 0 spiro atoms.